The molecule has 2 amide bonds. The maximum atomic E-state index is 13.3. The van der Waals surface area contributed by atoms with Crippen molar-refractivity contribution in [2.45, 2.75) is 11.8 Å². The molecule has 0 aliphatic heterocycles. The zero-order chi connectivity index (χ0) is 29.2. The largest absolute Gasteiger partial charge is 0.493 e. The van der Waals surface area contributed by atoms with Gasteiger partial charge in [-0.05, 0) is 67.1 Å². The maximum Gasteiger partial charge on any atom is 0.272 e. The summed E-state index contributed by atoms with van der Waals surface area (Å²) in [6.45, 7) is 1.98. The molecule has 0 fully saturated rings. The van der Waals surface area contributed by atoms with Crippen molar-refractivity contribution in [3.05, 3.63) is 125 Å². The van der Waals surface area contributed by atoms with Gasteiger partial charge in [0.1, 0.15) is 5.70 Å². The normalized spacial score (nSPS) is 11.0. The predicted octanol–water partition coefficient (Wildman–Crippen LogP) is 6.40. The topological polar surface area (TPSA) is 93.7 Å². The third-order valence-corrected chi connectivity index (χ3v) is 7.08. The number of hydrogen-bond donors (Lipinski definition) is 2. The van der Waals surface area contributed by atoms with E-state index in [2.05, 4.69) is 10.6 Å². The number of carbonyl (C=O) groups excluding carboxylic acids is 3. The summed E-state index contributed by atoms with van der Waals surface area (Å²) in [5, 5.41) is 5.62. The zero-order valence-corrected chi connectivity index (χ0v) is 23.8. The van der Waals surface area contributed by atoms with Crippen molar-refractivity contribution in [2.75, 3.05) is 25.3 Å². The van der Waals surface area contributed by atoms with Gasteiger partial charge in [-0.3, -0.25) is 14.4 Å². The van der Waals surface area contributed by atoms with Crippen LogP contribution in [-0.4, -0.2) is 37.6 Å². The molecule has 8 heteroatoms. The second kappa shape index (κ2) is 14.0. The molecule has 208 valence electrons. The molecule has 4 aromatic carbocycles. The number of thioether (sulfide) groups is 1. The Hall–Kier alpha value is -4.82. The van der Waals surface area contributed by atoms with E-state index in [1.165, 1.54) is 18.9 Å². The SMILES string of the molecule is COc1ccc(C(=O)CSc2cccc(NC(=O)/C(=C/c3ccc(C)cc3)NC(=O)c3ccccc3)c2)cc1OC. The van der Waals surface area contributed by atoms with Crippen LogP contribution in [0.25, 0.3) is 6.08 Å². The van der Waals surface area contributed by atoms with Crippen molar-refractivity contribution in [3.8, 4) is 11.5 Å². The summed E-state index contributed by atoms with van der Waals surface area (Å²) in [7, 11) is 3.06. The number of ether oxygens (including phenoxy) is 2. The van der Waals surface area contributed by atoms with Gasteiger partial charge in [0.25, 0.3) is 11.8 Å². The van der Waals surface area contributed by atoms with E-state index >= 15 is 0 Å². The summed E-state index contributed by atoms with van der Waals surface area (Å²) in [6, 6.07) is 28.6. The Kier molecular flexibility index (Phi) is 9.96. The summed E-state index contributed by atoms with van der Waals surface area (Å²) in [5.74, 6) is 0.296. The molecule has 7 nitrogen and oxygen atoms in total. The Morgan fingerprint density at radius 3 is 2.22 bits per heavy atom. The summed E-state index contributed by atoms with van der Waals surface area (Å²) in [4.78, 5) is 39.8. The lowest BCUT2D eigenvalue weighted by atomic mass is 10.1. The first kappa shape index (κ1) is 29.2. The molecule has 0 saturated heterocycles. The number of benzene rings is 4. The third kappa shape index (κ3) is 8.09. The minimum Gasteiger partial charge on any atom is -0.493 e. The van der Waals surface area contributed by atoms with Gasteiger partial charge in [0.2, 0.25) is 0 Å². The van der Waals surface area contributed by atoms with Crippen molar-refractivity contribution in [1.82, 2.24) is 5.32 Å². The second-order valence-corrected chi connectivity index (χ2v) is 10.1. The molecule has 41 heavy (non-hydrogen) atoms. The molecule has 0 heterocycles. The van der Waals surface area contributed by atoms with Gasteiger partial charge in [0.05, 0.1) is 20.0 Å². The number of nitrogens with one attached hydrogen (secondary N) is 2. The van der Waals surface area contributed by atoms with Crippen LogP contribution in [0.15, 0.2) is 108 Å². The smallest absolute Gasteiger partial charge is 0.272 e. The minimum absolute atomic E-state index is 0.0719. The molecule has 4 aromatic rings. The van der Waals surface area contributed by atoms with Crippen LogP contribution in [-0.2, 0) is 4.79 Å². The Bertz CT molecular complexity index is 1570. The van der Waals surface area contributed by atoms with Crippen LogP contribution in [0.1, 0.15) is 31.8 Å². The molecule has 0 atom stereocenters. The molecule has 0 aliphatic rings. The summed E-state index contributed by atoms with van der Waals surface area (Å²) in [5.41, 5.74) is 3.44. The highest BCUT2D eigenvalue weighted by molar-refractivity contribution is 8.00. The Morgan fingerprint density at radius 1 is 0.780 bits per heavy atom. The second-order valence-electron chi connectivity index (χ2n) is 9.05. The fourth-order valence-electron chi connectivity index (χ4n) is 3.88. The standard InChI is InChI=1S/C33H30N2O5S/c1-22-12-14-23(15-13-22)18-28(35-32(37)24-8-5-4-6-9-24)33(38)34-26-10-7-11-27(20-26)41-21-29(36)25-16-17-30(39-2)31(19-25)40-3/h4-20H,21H2,1-3H3,(H,34,38)(H,35,37)/b28-18-. The Labute approximate surface area is 243 Å². The molecule has 0 aromatic heterocycles. The highest BCUT2D eigenvalue weighted by Crippen LogP contribution is 2.29. The molecule has 2 N–H and O–H groups in total. The van der Waals surface area contributed by atoms with Crippen molar-refractivity contribution in [2.24, 2.45) is 0 Å². The van der Waals surface area contributed by atoms with Crippen LogP contribution in [0.2, 0.25) is 0 Å². The quantitative estimate of drug-likeness (QED) is 0.124. The van der Waals surface area contributed by atoms with Crippen LogP contribution in [0.3, 0.4) is 0 Å². The average molecular weight is 567 g/mol. The van der Waals surface area contributed by atoms with E-state index in [4.69, 9.17) is 9.47 Å². The lowest BCUT2D eigenvalue weighted by Gasteiger charge is -2.12. The number of anilines is 1. The molecule has 0 spiro atoms. The lowest BCUT2D eigenvalue weighted by Crippen LogP contribution is -2.30. The van der Waals surface area contributed by atoms with E-state index in [9.17, 15) is 14.4 Å². The predicted molar refractivity (Wildman–Crippen MR) is 163 cm³/mol. The first-order valence-electron chi connectivity index (χ1n) is 12.8. The van der Waals surface area contributed by atoms with Crippen LogP contribution in [0.4, 0.5) is 5.69 Å². The molecular weight excluding hydrogens is 536 g/mol. The van der Waals surface area contributed by atoms with Gasteiger partial charge in [0.15, 0.2) is 17.3 Å². The summed E-state index contributed by atoms with van der Waals surface area (Å²) >= 11 is 1.35. The molecule has 0 radical (unpaired) electrons. The number of amides is 2. The van der Waals surface area contributed by atoms with Crippen LogP contribution < -0.4 is 20.1 Å². The summed E-state index contributed by atoms with van der Waals surface area (Å²) < 4.78 is 10.5. The van der Waals surface area contributed by atoms with Crippen molar-refractivity contribution in [1.29, 1.82) is 0 Å². The van der Waals surface area contributed by atoms with E-state index in [1.54, 1.807) is 73.8 Å². The van der Waals surface area contributed by atoms with Crippen molar-refractivity contribution >= 4 is 41.1 Å². The highest BCUT2D eigenvalue weighted by atomic mass is 32.2. The van der Waals surface area contributed by atoms with Crippen LogP contribution >= 0.6 is 11.8 Å². The number of methoxy groups -OCH3 is 2. The molecule has 4 rings (SSSR count). The maximum absolute atomic E-state index is 13.3. The average Bonchev–Trinajstić information content (AvgIpc) is 3.00. The fraction of sp³-hybridized carbons (Fsp3) is 0.121. The van der Waals surface area contributed by atoms with Gasteiger partial charge in [0, 0.05) is 21.7 Å². The number of ketones is 1. The van der Waals surface area contributed by atoms with Crippen molar-refractivity contribution < 1.29 is 23.9 Å². The third-order valence-electron chi connectivity index (χ3n) is 6.08. The molecule has 0 unspecified atom stereocenters. The van der Waals surface area contributed by atoms with Gasteiger partial charge >= 0.3 is 0 Å². The van der Waals surface area contributed by atoms with E-state index in [0.29, 0.717) is 28.3 Å². The number of Topliss-reactive ketones (excluding diaryl/α,β-unsaturated/α-hetero) is 1. The first-order valence-corrected chi connectivity index (χ1v) is 13.8. The fourth-order valence-corrected chi connectivity index (χ4v) is 4.73. The zero-order valence-electron chi connectivity index (χ0n) is 23.0. The molecule has 0 bridgehead atoms. The summed E-state index contributed by atoms with van der Waals surface area (Å²) in [6.07, 6.45) is 1.63. The van der Waals surface area contributed by atoms with Gasteiger partial charge < -0.3 is 20.1 Å². The highest BCUT2D eigenvalue weighted by Gasteiger charge is 2.16. The van der Waals surface area contributed by atoms with E-state index in [-0.39, 0.29) is 17.2 Å². The molecule has 0 aliphatic carbocycles. The van der Waals surface area contributed by atoms with Crippen LogP contribution in [0.5, 0.6) is 11.5 Å². The van der Waals surface area contributed by atoms with Crippen LogP contribution in [0, 0.1) is 6.92 Å². The number of carbonyl (C=O) groups is 3. The first-order chi connectivity index (χ1) is 19.9. The number of rotatable bonds is 11. The van der Waals surface area contributed by atoms with E-state index < -0.39 is 11.8 Å². The van der Waals surface area contributed by atoms with E-state index in [1.807, 2.05) is 43.3 Å². The van der Waals surface area contributed by atoms with Crippen molar-refractivity contribution in [3.63, 3.8) is 0 Å². The lowest BCUT2D eigenvalue weighted by molar-refractivity contribution is -0.113. The number of aryl methyl sites for hydroxylation is 1. The number of hydrogen-bond acceptors (Lipinski definition) is 6. The molecule has 0 saturated carbocycles. The monoisotopic (exact) mass is 566 g/mol. The van der Waals surface area contributed by atoms with Gasteiger partial charge in [-0.25, -0.2) is 0 Å². The van der Waals surface area contributed by atoms with Gasteiger partial charge in [-0.1, -0.05) is 54.1 Å². The van der Waals surface area contributed by atoms with Gasteiger partial charge in [-0.2, -0.15) is 0 Å². The molecular formula is C33H30N2O5S. The minimum atomic E-state index is -0.474. The van der Waals surface area contributed by atoms with E-state index in [0.717, 1.165) is 16.0 Å². The Balaban J connectivity index is 1.47. The Morgan fingerprint density at radius 2 is 1.51 bits per heavy atom. The van der Waals surface area contributed by atoms with Gasteiger partial charge in [-0.15, -0.1) is 11.8 Å².